The molecule has 2 N–H and O–H groups in total. The van der Waals surface area contributed by atoms with Crippen LogP contribution in [-0.4, -0.2) is 44.3 Å². The number of ether oxygens (including phenoxy) is 2. The molecule has 1 saturated heterocycles. The van der Waals surface area contributed by atoms with Gasteiger partial charge in [0.25, 0.3) is 0 Å². The maximum Gasteiger partial charge on any atom is 0.307 e. The number of nitrogens with one attached hydrogen (secondary N) is 2. The third kappa shape index (κ3) is 5.43. The molecule has 0 saturated carbocycles. The van der Waals surface area contributed by atoms with Crippen LogP contribution in [-0.2, 0) is 19.1 Å². The zero-order chi connectivity index (χ0) is 18.3. The summed E-state index contributed by atoms with van der Waals surface area (Å²) in [5.41, 5.74) is 0.340. The summed E-state index contributed by atoms with van der Waals surface area (Å²) in [6.07, 6.45) is 1.43. The summed E-state index contributed by atoms with van der Waals surface area (Å²) in [5.74, 6) is -0.592. The number of nitriles is 1. The van der Waals surface area contributed by atoms with Gasteiger partial charge in [0.15, 0.2) is 0 Å². The molecule has 0 radical (unpaired) electrons. The minimum atomic E-state index is -0.509. The number of methoxy groups -OCH3 is 1. The average Bonchev–Trinajstić information content (AvgIpc) is 2.61. The number of hydrogen-bond acceptors (Lipinski definition) is 6. The number of anilines is 1. The zero-order valence-electron chi connectivity index (χ0n) is 13.9. The van der Waals surface area contributed by atoms with Crippen LogP contribution >= 0.6 is 11.6 Å². The highest BCUT2D eigenvalue weighted by molar-refractivity contribution is 6.32. The second kappa shape index (κ2) is 8.81. The minimum absolute atomic E-state index is 0.0363. The Morgan fingerprint density at radius 2 is 2.12 bits per heavy atom. The van der Waals surface area contributed by atoms with Gasteiger partial charge in [0.2, 0.25) is 5.91 Å². The first-order valence-corrected chi connectivity index (χ1v) is 8.25. The van der Waals surface area contributed by atoms with E-state index in [0.717, 1.165) is 0 Å². The van der Waals surface area contributed by atoms with E-state index < -0.39 is 5.54 Å². The van der Waals surface area contributed by atoms with E-state index in [1.54, 1.807) is 12.1 Å². The fourth-order valence-electron chi connectivity index (χ4n) is 2.68. The van der Waals surface area contributed by atoms with Crippen molar-refractivity contribution >= 4 is 29.2 Å². The number of carbonyl (C=O) groups excluding carboxylic acids is 2. The lowest BCUT2D eigenvalue weighted by Crippen LogP contribution is -2.53. The molecular formula is C17H20ClN3O4. The molecule has 1 aliphatic rings. The van der Waals surface area contributed by atoms with Gasteiger partial charge in [-0.25, -0.2) is 0 Å². The van der Waals surface area contributed by atoms with Gasteiger partial charge in [0.1, 0.15) is 6.07 Å². The number of hydrogen-bond donors (Lipinski definition) is 2. The molecule has 1 aliphatic heterocycles. The topological polar surface area (TPSA) is 100 Å². The molecule has 1 fully saturated rings. The summed E-state index contributed by atoms with van der Waals surface area (Å²) in [5, 5.41) is 15.0. The van der Waals surface area contributed by atoms with Crippen molar-refractivity contribution < 1.29 is 19.1 Å². The van der Waals surface area contributed by atoms with Crippen LogP contribution in [0.2, 0.25) is 5.02 Å². The fraction of sp³-hybridized carbons (Fsp3) is 0.471. The lowest BCUT2D eigenvalue weighted by molar-refractivity contribution is -0.143. The number of amides is 1. The van der Waals surface area contributed by atoms with E-state index in [0.29, 0.717) is 37.3 Å². The molecule has 134 valence electrons. The van der Waals surface area contributed by atoms with Crippen molar-refractivity contribution in [2.45, 2.75) is 24.8 Å². The summed E-state index contributed by atoms with van der Waals surface area (Å²) in [6, 6.07) is 6.64. The summed E-state index contributed by atoms with van der Waals surface area (Å²) >= 11 is 5.95. The highest BCUT2D eigenvalue weighted by Gasteiger charge is 2.35. The predicted molar refractivity (Wildman–Crippen MR) is 92.2 cm³/mol. The van der Waals surface area contributed by atoms with E-state index in [1.165, 1.54) is 13.2 Å². The largest absolute Gasteiger partial charge is 0.469 e. The monoisotopic (exact) mass is 365 g/mol. The van der Waals surface area contributed by atoms with Crippen LogP contribution in [0.1, 0.15) is 24.8 Å². The van der Waals surface area contributed by atoms with Crippen molar-refractivity contribution in [3.63, 3.8) is 0 Å². The van der Waals surface area contributed by atoms with Crippen LogP contribution in [0.15, 0.2) is 18.2 Å². The standard InChI is InChI=1S/C17H20ClN3O4/c1-24-16(23)9-17(4-6-25-7-5-17)20-11-15(22)21-13-3-2-12(10-19)14(18)8-13/h2-3,8,20H,4-7,9,11H2,1H3,(H,21,22). The van der Waals surface area contributed by atoms with E-state index in [1.807, 2.05) is 6.07 Å². The molecule has 1 aromatic carbocycles. The Bertz CT molecular complexity index is 681. The third-order valence-corrected chi connectivity index (χ3v) is 4.47. The highest BCUT2D eigenvalue weighted by atomic mass is 35.5. The van der Waals surface area contributed by atoms with Crippen molar-refractivity contribution in [1.29, 1.82) is 5.26 Å². The van der Waals surface area contributed by atoms with Gasteiger partial charge in [-0.3, -0.25) is 9.59 Å². The summed E-state index contributed by atoms with van der Waals surface area (Å²) in [6.45, 7) is 1.09. The number of nitrogens with zero attached hydrogens (tertiary/aromatic N) is 1. The molecular weight excluding hydrogens is 346 g/mol. The zero-order valence-corrected chi connectivity index (χ0v) is 14.7. The van der Waals surface area contributed by atoms with Gasteiger partial charge in [-0.05, 0) is 31.0 Å². The molecule has 0 atom stereocenters. The first kappa shape index (κ1) is 19.2. The van der Waals surface area contributed by atoms with Gasteiger partial charge in [-0.15, -0.1) is 0 Å². The molecule has 2 rings (SSSR count). The van der Waals surface area contributed by atoms with Gasteiger partial charge < -0.3 is 20.1 Å². The SMILES string of the molecule is COC(=O)CC1(NCC(=O)Nc2ccc(C#N)c(Cl)c2)CCOCC1. The summed E-state index contributed by atoms with van der Waals surface area (Å²) in [7, 11) is 1.34. The Balaban J connectivity index is 1.95. The van der Waals surface area contributed by atoms with Crippen LogP contribution in [0.3, 0.4) is 0 Å². The Labute approximate surface area is 151 Å². The van der Waals surface area contributed by atoms with Crippen LogP contribution in [0.25, 0.3) is 0 Å². The van der Waals surface area contributed by atoms with Crippen LogP contribution in [0.5, 0.6) is 0 Å². The second-order valence-corrected chi connectivity index (χ2v) is 6.26. The van der Waals surface area contributed by atoms with Crippen molar-refractivity contribution in [3.05, 3.63) is 28.8 Å². The second-order valence-electron chi connectivity index (χ2n) is 5.85. The van der Waals surface area contributed by atoms with E-state index >= 15 is 0 Å². The Hall–Kier alpha value is -2.14. The molecule has 25 heavy (non-hydrogen) atoms. The molecule has 0 aliphatic carbocycles. The Morgan fingerprint density at radius 3 is 2.72 bits per heavy atom. The third-order valence-electron chi connectivity index (χ3n) is 4.16. The van der Waals surface area contributed by atoms with Gasteiger partial charge in [-0.2, -0.15) is 5.26 Å². The maximum absolute atomic E-state index is 12.2. The molecule has 0 unspecified atom stereocenters. The quantitative estimate of drug-likeness (QED) is 0.746. The highest BCUT2D eigenvalue weighted by Crippen LogP contribution is 2.25. The molecule has 0 spiro atoms. The molecule has 7 nitrogen and oxygen atoms in total. The Kier molecular flexibility index (Phi) is 6.76. The number of esters is 1. The van der Waals surface area contributed by atoms with Crippen LogP contribution in [0.4, 0.5) is 5.69 Å². The maximum atomic E-state index is 12.2. The van der Waals surface area contributed by atoms with Crippen LogP contribution in [0, 0.1) is 11.3 Å². The first-order chi connectivity index (χ1) is 12.0. The number of halogens is 1. The number of rotatable bonds is 6. The lowest BCUT2D eigenvalue weighted by Gasteiger charge is -2.37. The van der Waals surface area contributed by atoms with Crippen molar-refractivity contribution in [3.8, 4) is 6.07 Å². The first-order valence-electron chi connectivity index (χ1n) is 7.87. The predicted octanol–water partition coefficient (Wildman–Crippen LogP) is 1.85. The minimum Gasteiger partial charge on any atom is -0.469 e. The molecule has 0 aromatic heterocycles. The van der Waals surface area contributed by atoms with E-state index in [2.05, 4.69) is 10.6 Å². The average molecular weight is 366 g/mol. The van der Waals surface area contributed by atoms with Gasteiger partial charge in [-0.1, -0.05) is 11.6 Å². The summed E-state index contributed by atoms with van der Waals surface area (Å²) < 4.78 is 10.1. The molecule has 8 heteroatoms. The number of carbonyl (C=O) groups is 2. The van der Waals surface area contributed by atoms with E-state index in [9.17, 15) is 9.59 Å². The van der Waals surface area contributed by atoms with E-state index in [-0.39, 0.29) is 29.9 Å². The van der Waals surface area contributed by atoms with Crippen molar-refractivity contribution in [2.24, 2.45) is 0 Å². The molecule has 0 bridgehead atoms. The number of benzene rings is 1. The summed E-state index contributed by atoms with van der Waals surface area (Å²) in [4.78, 5) is 23.9. The van der Waals surface area contributed by atoms with Crippen molar-refractivity contribution in [1.82, 2.24) is 5.32 Å². The molecule has 1 aromatic rings. The fourth-order valence-corrected chi connectivity index (χ4v) is 2.91. The normalized spacial score (nSPS) is 15.9. The molecule has 1 amide bonds. The Morgan fingerprint density at radius 1 is 1.40 bits per heavy atom. The van der Waals surface area contributed by atoms with Gasteiger partial charge >= 0.3 is 5.97 Å². The van der Waals surface area contributed by atoms with Gasteiger partial charge in [0.05, 0.1) is 30.7 Å². The van der Waals surface area contributed by atoms with E-state index in [4.69, 9.17) is 26.3 Å². The lowest BCUT2D eigenvalue weighted by atomic mass is 9.86. The van der Waals surface area contributed by atoms with Gasteiger partial charge in [0, 0.05) is 24.4 Å². The van der Waals surface area contributed by atoms with Crippen molar-refractivity contribution in [2.75, 3.05) is 32.2 Å². The smallest absolute Gasteiger partial charge is 0.307 e. The molecule has 1 heterocycles. The van der Waals surface area contributed by atoms with Crippen LogP contribution < -0.4 is 10.6 Å².